The molecule has 0 aliphatic heterocycles. The van der Waals surface area contributed by atoms with Gasteiger partial charge in [0.15, 0.2) is 0 Å². The molecule has 5 rings (SSSR count). The average molecular weight is 252 g/mol. The van der Waals surface area contributed by atoms with Crippen LogP contribution in [-0.4, -0.2) is 0 Å². The summed E-state index contributed by atoms with van der Waals surface area (Å²) in [6, 6.07) is 0. The van der Waals surface area contributed by atoms with E-state index in [0.717, 1.165) is 35.5 Å². The second-order valence-corrected chi connectivity index (χ2v) is 6.91. The van der Waals surface area contributed by atoms with E-state index < -0.39 is 0 Å². The van der Waals surface area contributed by atoms with Gasteiger partial charge in [-0.15, -0.1) is 0 Å². The zero-order valence-electron chi connectivity index (χ0n) is 11.8. The predicted octanol–water partition coefficient (Wildman–Crippen LogP) is 4.91. The molecular formula is C19H24. The van der Waals surface area contributed by atoms with Crippen molar-refractivity contribution in [3.8, 4) is 0 Å². The number of rotatable bonds is 0. The zero-order valence-corrected chi connectivity index (χ0v) is 11.8. The Kier molecular flexibility index (Phi) is 2.79. The van der Waals surface area contributed by atoms with E-state index in [1.165, 1.54) is 25.7 Å². The highest BCUT2D eigenvalue weighted by Crippen LogP contribution is 2.52. The van der Waals surface area contributed by atoms with Crippen LogP contribution in [0.5, 0.6) is 0 Å². The van der Waals surface area contributed by atoms with E-state index in [2.05, 4.69) is 49.5 Å². The summed E-state index contributed by atoms with van der Waals surface area (Å²) < 4.78 is 0. The van der Waals surface area contributed by atoms with Crippen molar-refractivity contribution < 1.29 is 0 Å². The largest absolute Gasteiger partial charge is 0.0879 e. The van der Waals surface area contributed by atoms with Gasteiger partial charge < -0.3 is 0 Å². The highest BCUT2D eigenvalue weighted by atomic mass is 14.5. The highest BCUT2D eigenvalue weighted by molar-refractivity contribution is 5.26. The van der Waals surface area contributed by atoms with Gasteiger partial charge in [0.25, 0.3) is 0 Å². The van der Waals surface area contributed by atoms with Crippen LogP contribution < -0.4 is 0 Å². The third kappa shape index (κ3) is 1.88. The normalized spacial score (nSPS) is 49.0. The number of hydrogen-bond donors (Lipinski definition) is 0. The molecular weight excluding hydrogens is 228 g/mol. The van der Waals surface area contributed by atoms with Gasteiger partial charge in [-0.3, -0.25) is 0 Å². The van der Waals surface area contributed by atoms with Crippen molar-refractivity contribution in [2.75, 3.05) is 0 Å². The second-order valence-electron chi connectivity index (χ2n) is 6.91. The van der Waals surface area contributed by atoms with Crippen LogP contribution in [0.4, 0.5) is 0 Å². The molecule has 0 amide bonds. The van der Waals surface area contributed by atoms with E-state index >= 15 is 0 Å². The van der Waals surface area contributed by atoms with Gasteiger partial charge in [-0.05, 0) is 68.1 Å². The predicted molar refractivity (Wildman–Crippen MR) is 80.6 cm³/mol. The van der Waals surface area contributed by atoms with Crippen LogP contribution in [0.25, 0.3) is 0 Å². The lowest BCUT2D eigenvalue weighted by Gasteiger charge is -2.18. The molecule has 0 N–H and O–H groups in total. The van der Waals surface area contributed by atoms with Crippen LogP contribution >= 0.6 is 0 Å². The molecule has 0 aromatic rings. The van der Waals surface area contributed by atoms with E-state index in [-0.39, 0.29) is 0 Å². The second kappa shape index (κ2) is 4.51. The number of hydrogen-bond acceptors (Lipinski definition) is 0. The summed E-state index contributed by atoms with van der Waals surface area (Å²) in [5, 5.41) is 0. The van der Waals surface area contributed by atoms with Gasteiger partial charge in [0.2, 0.25) is 0 Å². The molecule has 0 spiro atoms. The molecule has 6 atom stereocenters. The highest BCUT2D eigenvalue weighted by Gasteiger charge is 2.44. The molecule has 6 unspecified atom stereocenters. The summed E-state index contributed by atoms with van der Waals surface area (Å²) in [7, 11) is 0. The van der Waals surface area contributed by atoms with Crippen LogP contribution in [0.15, 0.2) is 48.1 Å². The van der Waals surface area contributed by atoms with Crippen molar-refractivity contribution >= 4 is 0 Å². The molecule has 0 heterocycles. The van der Waals surface area contributed by atoms with Gasteiger partial charge in [-0.25, -0.2) is 0 Å². The molecule has 0 heteroatoms. The topological polar surface area (TPSA) is 0 Å². The van der Waals surface area contributed by atoms with Crippen LogP contribution in [0.1, 0.15) is 32.6 Å². The summed E-state index contributed by atoms with van der Waals surface area (Å²) in [5.41, 5.74) is 1.67. The molecule has 0 saturated heterocycles. The summed E-state index contributed by atoms with van der Waals surface area (Å²) in [4.78, 5) is 0. The first-order chi connectivity index (χ1) is 9.35. The van der Waals surface area contributed by atoms with E-state index in [1.54, 1.807) is 5.57 Å². The Morgan fingerprint density at radius 2 is 1.89 bits per heavy atom. The standard InChI is InChI=1S/C10H12.C9H12/c1-2-9-7-4-5-8(6-7)10(9)3-1;1-2-8-5-7-3-4-9(8)6-7/h1-2,4-5,7-10H,3,6H2;2-4,7,9H,5-6H2,1H3. The first kappa shape index (κ1) is 11.8. The average Bonchev–Trinajstić information content (AvgIpc) is 3.21. The lowest BCUT2D eigenvalue weighted by molar-refractivity contribution is 0.398. The van der Waals surface area contributed by atoms with Gasteiger partial charge in [-0.1, -0.05) is 48.1 Å². The smallest absolute Gasteiger partial charge is 0.00174 e. The molecule has 0 nitrogen and oxygen atoms in total. The van der Waals surface area contributed by atoms with E-state index in [0.29, 0.717) is 0 Å². The Balaban J connectivity index is 0.000000103. The van der Waals surface area contributed by atoms with E-state index in [4.69, 9.17) is 0 Å². The minimum absolute atomic E-state index is 0.833. The first-order valence-electron chi connectivity index (χ1n) is 8.03. The molecule has 5 aliphatic carbocycles. The molecule has 0 aromatic heterocycles. The summed E-state index contributed by atoms with van der Waals surface area (Å²) in [6.45, 7) is 2.16. The molecule has 2 fully saturated rings. The van der Waals surface area contributed by atoms with Crippen LogP contribution in [-0.2, 0) is 0 Å². The van der Waals surface area contributed by atoms with Crippen molar-refractivity contribution in [3.05, 3.63) is 48.1 Å². The lowest BCUT2D eigenvalue weighted by Crippen LogP contribution is -2.12. The maximum Gasteiger partial charge on any atom is -0.00174 e. The maximum absolute atomic E-state index is 2.44. The molecule has 0 radical (unpaired) electrons. The zero-order chi connectivity index (χ0) is 12.8. The minimum atomic E-state index is 0.833. The van der Waals surface area contributed by atoms with Crippen LogP contribution in [0.3, 0.4) is 0 Å². The summed E-state index contributed by atoms with van der Waals surface area (Å²) in [5.74, 6) is 5.56. The van der Waals surface area contributed by atoms with Crippen molar-refractivity contribution in [2.45, 2.75) is 32.6 Å². The van der Waals surface area contributed by atoms with Crippen molar-refractivity contribution in [1.82, 2.24) is 0 Å². The summed E-state index contributed by atoms with van der Waals surface area (Å²) in [6.07, 6.45) is 22.3. The fourth-order valence-electron chi connectivity index (χ4n) is 4.96. The number of fused-ring (bicyclic) bond motifs is 7. The minimum Gasteiger partial charge on any atom is -0.0879 e. The molecule has 0 aromatic carbocycles. The first-order valence-corrected chi connectivity index (χ1v) is 8.03. The lowest BCUT2D eigenvalue weighted by atomic mass is 9.86. The van der Waals surface area contributed by atoms with Gasteiger partial charge in [0.1, 0.15) is 0 Å². The quantitative estimate of drug-likeness (QED) is 0.537. The molecule has 2 saturated carbocycles. The molecule has 4 bridgehead atoms. The Labute approximate surface area is 117 Å². The van der Waals surface area contributed by atoms with Gasteiger partial charge in [0, 0.05) is 0 Å². The van der Waals surface area contributed by atoms with Crippen molar-refractivity contribution in [1.29, 1.82) is 0 Å². The molecule has 19 heavy (non-hydrogen) atoms. The number of allylic oxidation sites excluding steroid dienone is 8. The molecule has 100 valence electrons. The Bertz CT molecular complexity index is 476. The maximum atomic E-state index is 2.44. The van der Waals surface area contributed by atoms with Gasteiger partial charge in [0.05, 0.1) is 0 Å². The SMILES string of the molecule is C1=CC2C3C=CC(C3)C2C1.CC=C1CC2C=CC1C2. The monoisotopic (exact) mass is 252 g/mol. The fraction of sp³-hybridized carbons (Fsp3) is 0.579. The Hall–Kier alpha value is -1.04. The Morgan fingerprint density at radius 1 is 1.00 bits per heavy atom. The van der Waals surface area contributed by atoms with Gasteiger partial charge in [-0.2, -0.15) is 0 Å². The van der Waals surface area contributed by atoms with Crippen LogP contribution in [0.2, 0.25) is 0 Å². The Morgan fingerprint density at radius 3 is 2.53 bits per heavy atom. The van der Waals surface area contributed by atoms with E-state index in [1.807, 2.05) is 0 Å². The van der Waals surface area contributed by atoms with Crippen molar-refractivity contribution in [2.24, 2.45) is 35.5 Å². The third-order valence-corrected chi connectivity index (χ3v) is 5.97. The van der Waals surface area contributed by atoms with Crippen molar-refractivity contribution in [3.63, 3.8) is 0 Å². The van der Waals surface area contributed by atoms with E-state index in [9.17, 15) is 0 Å². The van der Waals surface area contributed by atoms with Gasteiger partial charge >= 0.3 is 0 Å². The molecule has 5 aliphatic rings. The fourth-order valence-corrected chi connectivity index (χ4v) is 4.96. The summed E-state index contributed by atoms with van der Waals surface area (Å²) >= 11 is 0. The third-order valence-electron chi connectivity index (χ3n) is 5.97. The van der Waals surface area contributed by atoms with Crippen LogP contribution in [0, 0.1) is 35.5 Å².